The molecule has 2 aliphatic rings. The number of amides is 3. The number of aryl methyl sites for hydroxylation is 1. The molecule has 1 aliphatic heterocycles. The molecular weight excluding hydrogens is 426 g/mol. The summed E-state index contributed by atoms with van der Waals surface area (Å²) in [6, 6.07) is 6.17. The zero-order chi connectivity index (χ0) is 22.4. The van der Waals surface area contributed by atoms with Gasteiger partial charge in [-0.1, -0.05) is 18.2 Å². The van der Waals surface area contributed by atoms with Gasteiger partial charge >= 0.3 is 6.03 Å². The van der Waals surface area contributed by atoms with Crippen LogP contribution in [-0.2, 0) is 4.79 Å². The van der Waals surface area contributed by atoms with E-state index in [0.29, 0.717) is 11.4 Å². The first-order valence-electron chi connectivity index (χ1n) is 9.65. The van der Waals surface area contributed by atoms with Crippen molar-refractivity contribution in [3.05, 3.63) is 46.4 Å². The molecule has 1 aliphatic carbocycles. The number of Topliss-reactive ketones (excluding diaryl/α,β-unsaturated/α-hetero) is 1. The average molecular weight is 444 g/mol. The number of carbonyl (C=O) groups excluding carboxylic acids is 3. The van der Waals surface area contributed by atoms with Gasteiger partial charge in [0.2, 0.25) is 11.7 Å². The molecule has 160 valence electrons. The number of thiazole rings is 1. The molecule has 1 N–H and O–H groups in total. The van der Waals surface area contributed by atoms with Crippen molar-refractivity contribution in [3.8, 4) is 10.4 Å². The van der Waals surface area contributed by atoms with Crippen LogP contribution in [0.25, 0.3) is 15.3 Å². The van der Waals surface area contributed by atoms with Crippen molar-refractivity contribution in [3.63, 3.8) is 0 Å². The van der Waals surface area contributed by atoms with Gasteiger partial charge in [0.25, 0.3) is 5.91 Å². The Balaban J connectivity index is 1.52. The lowest BCUT2D eigenvalue weighted by Crippen LogP contribution is -2.51. The predicted molar refractivity (Wildman–Crippen MR) is 109 cm³/mol. The summed E-state index contributed by atoms with van der Waals surface area (Å²) < 4.78 is 27.0. The second kappa shape index (κ2) is 7.50. The molecule has 1 saturated heterocycles. The number of rotatable bonds is 4. The molecule has 4 rings (SSSR count). The van der Waals surface area contributed by atoms with Gasteiger partial charge in [0.05, 0.1) is 23.7 Å². The van der Waals surface area contributed by atoms with E-state index in [9.17, 15) is 23.2 Å². The minimum absolute atomic E-state index is 0.137. The Labute approximate surface area is 180 Å². The number of alkyl halides is 2. The van der Waals surface area contributed by atoms with Crippen LogP contribution in [0.15, 0.2) is 24.3 Å². The number of halogens is 2. The molecule has 10 heteroatoms. The monoisotopic (exact) mass is 444 g/mol. The van der Waals surface area contributed by atoms with Gasteiger partial charge < -0.3 is 5.32 Å². The van der Waals surface area contributed by atoms with Crippen LogP contribution < -0.4 is 5.32 Å². The van der Waals surface area contributed by atoms with Crippen molar-refractivity contribution in [1.29, 1.82) is 0 Å². The molecule has 2 fully saturated rings. The molecule has 1 saturated carbocycles. The molecule has 0 unspecified atom stereocenters. The van der Waals surface area contributed by atoms with Gasteiger partial charge in [-0.3, -0.25) is 14.5 Å². The highest BCUT2D eigenvalue weighted by Crippen LogP contribution is 2.41. The van der Waals surface area contributed by atoms with Gasteiger partial charge in [-0.25, -0.2) is 23.4 Å². The number of hydrogen-bond acceptors (Lipinski definition) is 5. The van der Waals surface area contributed by atoms with Crippen LogP contribution in [0.1, 0.15) is 41.2 Å². The van der Waals surface area contributed by atoms with E-state index in [-0.39, 0.29) is 17.8 Å². The summed E-state index contributed by atoms with van der Waals surface area (Å²) in [6.45, 7) is 8.37. The molecule has 1 spiro atoms. The van der Waals surface area contributed by atoms with Gasteiger partial charge in [0.15, 0.2) is 10.7 Å². The minimum atomic E-state index is -2.85. The number of imide groups is 1. The third-order valence-electron chi connectivity index (χ3n) is 5.66. The number of nitrogens with one attached hydrogen (secondary N) is 1. The third-order valence-corrected chi connectivity index (χ3v) is 6.90. The zero-order valence-corrected chi connectivity index (χ0v) is 17.4. The number of urea groups is 1. The van der Waals surface area contributed by atoms with Crippen LogP contribution >= 0.6 is 11.3 Å². The second-order valence-corrected chi connectivity index (χ2v) is 8.78. The number of nitrogens with zero attached hydrogens (tertiary/aromatic N) is 3. The molecule has 0 bridgehead atoms. The summed E-state index contributed by atoms with van der Waals surface area (Å²) in [7, 11) is 0. The Hall–Kier alpha value is -3.19. The molecule has 0 atom stereocenters. The summed E-state index contributed by atoms with van der Waals surface area (Å²) in [5.41, 5.74) is 0.447. The molecule has 1 aromatic carbocycles. The maximum atomic E-state index is 13.5. The van der Waals surface area contributed by atoms with Crippen molar-refractivity contribution in [2.24, 2.45) is 0 Å². The van der Waals surface area contributed by atoms with Gasteiger partial charge in [0, 0.05) is 12.8 Å². The van der Waals surface area contributed by atoms with Crippen LogP contribution in [0.5, 0.6) is 0 Å². The quantitative estimate of drug-likeness (QED) is 0.432. The topological polar surface area (TPSA) is 83.7 Å². The minimum Gasteiger partial charge on any atom is -0.323 e. The van der Waals surface area contributed by atoms with Crippen molar-refractivity contribution < 1.29 is 23.2 Å². The number of ketones is 1. The van der Waals surface area contributed by atoms with E-state index in [1.54, 1.807) is 25.1 Å². The van der Waals surface area contributed by atoms with Crippen LogP contribution in [0, 0.1) is 13.5 Å². The molecule has 31 heavy (non-hydrogen) atoms. The molecule has 3 amide bonds. The number of benzene rings is 1. The fourth-order valence-electron chi connectivity index (χ4n) is 3.91. The van der Waals surface area contributed by atoms with Crippen molar-refractivity contribution in [2.45, 2.75) is 44.1 Å². The molecule has 0 radical (unpaired) electrons. The van der Waals surface area contributed by atoms with Gasteiger partial charge in [-0.2, -0.15) is 0 Å². The first-order chi connectivity index (χ1) is 14.6. The number of carbonyl (C=O) groups is 3. The largest absolute Gasteiger partial charge is 0.325 e. The van der Waals surface area contributed by atoms with E-state index in [1.807, 2.05) is 6.07 Å². The lowest BCUT2D eigenvalue weighted by Gasteiger charge is -2.34. The molecule has 2 aromatic rings. The van der Waals surface area contributed by atoms with E-state index in [0.717, 1.165) is 26.7 Å². The number of aromatic nitrogens is 1. The summed E-state index contributed by atoms with van der Waals surface area (Å²) in [6.07, 6.45) is -1.29. The van der Waals surface area contributed by atoms with Gasteiger partial charge in [-0.15, -0.1) is 11.3 Å². The van der Waals surface area contributed by atoms with Crippen molar-refractivity contribution in [1.82, 2.24) is 15.2 Å². The third kappa shape index (κ3) is 3.81. The van der Waals surface area contributed by atoms with E-state index >= 15 is 0 Å². The van der Waals surface area contributed by atoms with E-state index in [1.165, 1.54) is 0 Å². The maximum absolute atomic E-state index is 13.5. The lowest BCUT2D eigenvalue weighted by molar-refractivity contribution is -0.135. The Morgan fingerprint density at radius 1 is 1.29 bits per heavy atom. The highest BCUT2D eigenvalue weighted by atomic mass is 32.1. The van der Waals surface area contributed by atoms with Crippen LogP contribution in [-0.4, -0.2) is 45.6 Å². The lowest BCUT2D eigenvalue weighted by atomic mass is 9.80. The normalized spacial score (nSPS) is 19.4. The Morgan fingerprint density at radius 3 is 2.68 bits per heavy atom. The van der Waals surface area contributed by atoms with E-state index in [4.69, 9.17) is 6.57 Å². The van der Waals surface area contributed by atoms with Crippen LogP contribution in [0.2, 0.25) is 0 Å². The summed E-state index contributed by atoms with van der Waals surface area (Å²) in [5, 5.41) is 2.66. The van der Waals surface area contributed by atoms with E-state index < -0.39 is 48.6 Å². The summed E-state index contributed by atoms with van der Waals surface area (Å²) in [5.74, 6) is -4.00. The van der Waals surface area contributed by atoms with Gasteiger partial charge in [0.1, 0.15) is 5.54 Å². The smallest absolute Gasteiger partial charge is 0.323 e. The fourth-order valence-corrected chi connectivity index (χ4v) is 4.91. The Bertz CT molecular complexity index is 1130. The molecule has 1 aromatic heterocycles. The van der Waals surface area contributed by atoms with Crippen molar-refractivity contribution in [2.75, 3.05) is 6.54 Å². The SMILES string of the molecule is [C-]#[N+]c1cccc(-c2sc(C(=O)CN3C(=O)NC4(CCC(F)(F)CC4)C3=O)nc2C)c1. The maximum Gasteiger partial charge on any atom is 0.325 e. The zero-order valence-electron chi connectivity index (χ0n) is 16.6. The summed E-state index contributed by atoms with van der Waals surface area (Å²) in [4.78, 5) is 47.2. The second-order valence-electron chi connectivity index (χ2n) is 7.78. The average Bonchev–Trinajstić information content (AvgIpc) is 3.24. The summed E-state index contributed by atoms with van der Waals surface area (Å²) >= 11 is 1.12. The molecule has 2 heterocycles. The first kappa shape index (κ1) is 21.1. The predicted octanol–water partition coefficient (Wildman–Crippen LogP) is 4.35. The Kier molecular flexibility index (Phi) is 5.09. The Morgan fingerprint density at radius 2 is 2.00 bits per heavy atom. The highest BCUT2D eigenvalue weighted by molar-refractivity contribution is 7.17. The molecule has 7 nitrogen and oxygen atoms in total. The van der Waals surface area contributed by atoms with Crippen LogP contribution in [0.3, 0.4) is 0 Å². The highest BCUT2D eigenvalue weighted by Gasteiger charge is 2.55. The number of hydrogen-bond donors (Lipinski definition) is 1. The van der Waals surface area contributed by atoms with E-state index in [2.05, 4.69) is 15.1 Å². The first-order valence-corrected chi connectivity index (χ1v) is 10.5. The standard InChI is InChI=1S/C21H18F2N4O3S/c1-12-16(13-4-3-5-14(10-13)24-2)31-17(25-12)15(28)11-27-18(29)20(26-19(27)30)6-8-21(22,23)9-7-20/h3-5,10H,6-9,11H2,1H3,(H,26,30). The van der Waals surface area contributed by atoms with Crippen molar-refractivity contribution >= 4 is 34.7 Å². The molecular formula is C21H18F2N4O3S. The fraction of sp³-hybridized carbons (Fsp3) is 0.381. The van der Waals surface area contributed by atoms with Gasteiger partial charge in [-0.05, 0) is 31.4 Å². The van der Waals surface area contributed by atoms with Crippen LogP contribution in [0.4, 0.5) is 19.3 Å².